The van der Waals surface area contributed by atoms with Gasteiger partial charge in [0, 0.05) is 4.47 Å². The normalized spacial score (nSPS) is 16.4. The SMILES string of the molecule is CCc1ccc(N2C(=O)/C(=C/c3cc4c(cc3Br)OCO4)N(CC(=O)OC)C2=S)cc1. The fourth-order valence-corrected chi connectivity index (χ4v) is 4.11. The molecule has 2 heterocycles. The Morgan fingerprint density at radius 3 is 2.55 bits per heavy atom. The Hall–Kier alpha value is -2.91. The number of halogens is 1. The number of fused-ring (bicyclic) bond motifs is 1. The summed E-state index contributed by atoms with van der Waals surface area (Å²) in [6, 6.07) is 11.1. The third-order valence-corrected chi connectivity index (χ3v) is 6.13. The Bertz CT molecular complexity index is 1100. The first-order valence-corrected chi connectivity index (χ1v) is 10.8. The summed E-state index contributed by atoms with van der Waals surface area (Å²) in [6.07, 6.45) is 2.56. The van der Waals surface area contributed by atoms with Crippen LogP contribution in [0.15, 0.2) is 46.6 Å². The zero-order chi connectivity index (χ0) is 22.1. The van der Waals surface area contributed by atoms with Gasteiger partial charge in [-0.05, 0) is 60.1 Å². The fraction of sp³-hybridized carbons (Fsp3) is 0.227. The van der Waals surface area contributed by atoms with Gasteiger partial charge in [0.1, 0.15) is 12.2 Å². The Labute approximate surface area is 193 Å². The van der Waals surface area contributed by atoms with Crippen molar-refractivity contribution < 1.29 is 23.8 Å². The molecule has 1 fully saturated rings. The van der Waals surface area contributed by atoms with Gasteiger partial charge in [-0.25, -0.2) is 0 Å². The van der Waals surface area contributed by atoms with Crippen LogP contribution in [0.4, 0.5) is 5.69 Å². The Kier molecular flexibility index (Phi) is 5.97. The molecule has 9 heteroatoms. The average Bonchev–Trinajstić information content (AvgIpc) is 3.31. The van der Waals surface area contributed by atoms with E-state index in [4.69, 9.17) is 26.4 Å². The van der Waals surface area contributed by atoms with Gasteiger partial charge >= 0.3 is 5.97 Å². The number of carbonyl (C=O) groups is 2. The number of hydrogen-bond donors (Lipinski definition) is 0. The lowest BCUT2D eigenvalue weighted by Gasteiger charge is -2.19. The number of thiocarbonyl (C=S) groups is 1. The van der Waals surface area contributed by atoms with Gasteiger partial charge < -0.3 is 19.1 Å². The number of carbonyl (C=O) groups excluding carboxylic acids is 2. The Morgan fingerprint density at radius 2 is 1.90 bits per heavy atom. The largest absolute Gasteiger partial charge is 0.468 e. The number of benzene rings is 2. The molecule has 2 aliphatic rings. The highest BCUT2D eigenvalue weighted by Crippen LogP contribution is 2.39. The van der Waals surface area contributed by atoms with Crippen molar-refractivity contribution in [2.45, 2.75) is 13.3 Å². The van der Waals surface area contributed by atoms with E-state index >= 15 is 0 Å². The van der Waals surface area contributed by atoms with E-state index in [0.29, 0.717) is 27.2 Å². The molecule has 0 saturated carbocycles. The molecule has 2 aromatic carbocycles. The van der Waals surface area contributed by atoms with Gasteiger partial charge in [0.05, 0.1) is 12.8 Å². The highest BCUT2D eigenvalue weighted by Gasteiger charge is 2.40. The molecule has 0 unspecified atom stereocenters. The molecule has 4 rings (SSSR count). The summed E-state index contributed by atoms with van der Waals surface area (Å²) in [6.45, 7) is 2.02. The standard InChI is InChI=1S/C22H19BrN2O5S/c1-3-13-4-6-15(7-5-13)25-21(27)17(24(22(25)31)11-20(26)28-2)8-14-9-18-19(10-16(14)23)30-12-29-18/h4-10H,3,11-12H2,1-2H3/b17-8-. The number of anilines is 1. The van der Waals surface area contributed by atoms with Crippen molar-refractivity contribution in [3.05, 3.63) is 57.7 Å². The molecule has 160 valence electrons. The lowest BCUT2D eigenvalue weighted by atomic mass is 10.1. The molecule has 1 saturated heterocycles. The van der Waals surface area contributed by atoms with Crippen molar-refractivity contribution in [1.82, 2.24) is 4.90 Å². The van der Waals surface area contributed by atoms with Crippen LogP contribution < -0.4 is 14.4 Å². The molecule has 0 atom stereocenters. The zero-order valence-electron chi connectivity index (χ0n) is 16.9. The van der Waals surface area contributed by atoms with E-state index in [1.165, 1.54) is 16.9 Å². The van der Waals surface area contributed by atoms with Crippen molar-refractivity contribution in [1.29, 1.82) is 0 Å². The van der Waals surface area contributed by atoms with E-state index in [1.54, 1.807) is 18.2 Å². The fourth-order valence-electron chi connectivity index (χ4n) is 3.33. The maximum atomic E-state index is 13.4. The summed E-state index contributed by atoms with van der Waals surface area (Å²) in [5, 5.41) is 0.211. The van der Waals surface area contributed by atoms with Gasteiger partial charge in [-0.2, -0.15) is 0 Å². The number of nitrogens with zero attached hydrogens (tertiary/aromatic N) is 2. The Morgan fingerprint density at radius 1 is 1.23 bits per heavy atom. The van der Waals surface area contributed by atoms with Crippen LogP contribution in [0.2, 0.25) is 0 Å². The molecule has 7 nitrogen and oxygen atoms in total. The number of aryl methyl sites for hydroxylation is 1. The van der Waals surface area contributed by atoms with E-state index in [0.717, 1.165) is 12.0 Å². The third kappa shape index (κ3) is 4.03. The summed E-state index contributed by atoms with van der Waals surface area (Å²) < 4.78 is 16.4. The van der Waals surface area contributed by atoms with Gasteiger partial charge in [-0.3, -0.25) is 14.5 Å². The number of ether oxygens (including phenoxy) is 3. The summed E-state index contributed by atoms with van der Waals surface area (Å²) in [7, 11) is 1.29. The second-order valence-electron chi connectivity index (χ2n) is 6.86. The van der Waals surface area contributed by atoms with E-state index < -0.39 is 5.97 Å². The van der Waals surface area contributed by atoms with Crippen molar-refractivity contribution >= 4 is 56.9 Å². The molecule has 1 amide bonds. The van der Waals surface area contributed by atoms with Crippen LogP contribution in [0.5, 0.6) is 11.5 Å². The van der Waals surface area contributed by atoms with Crippen LogP contribution in [0, 0.1) is 0 Å². The van der Waals surface area contributed by atoms with Crippen molar-refractivity contribution in [3.63, 3.8) is 0 Å². The monoisotopic (exact) mass is 502 g/mol. The third-order valence-electron chi connectivity index (χ3n) is 5.04. The smallest absolute Gasteiger partial charge is 0.325 e. The van der Waals surface area contributed by atoms with E-state index in [-0.39, 0.29) is 30.1 Å². The molecule has 0 spiro atoms. The minimum absolute atomic E-state index is 0.140. The van der Waals surface area contributed by atoms with Gasteiger partial charge in [0.25, 0.3) is 5.91 Å². The summed E-state index contributed by atoms with van der Waals surface area (Å²) in [4.78, 5) is 28.3. The number of rotatable bonds is 5. The molecule has 31 heavy (non-hydrogen) atoms. The van der Waals surface area contributed by atoms with E-state index in [2.05, 4.69) is 22.9 Å². The van der Waals surface area contributed by atoms with Crippen LogP contribution in [-0.2, 0) is 20.7 Å². The van der Waals surface area contributed by atoms with Crippen LogP contribution >= 0.6 is 28.1 Å². The quantitative estimate of drug-likeness (QED) is 0.349. The maximum absolute atomic E-state index is 13.4. The Balaban J connectivity index is 1.76. The van der Waals surface area contributed by atoms with Crippen LogP contribution in [-0.4, -0.2) is 42.3 Å². The first-order chi connectivity index (χ1) is 14.9. The lowest BCUT2D eigenvalue weighted by molar-refractivity contribution is -0.140. The molecule has 0 radical (unpaired) electrons. The molecule has 0 N–H and O–H groups in total. The topological polar surface area (TPSA) is 68.3 Å². The predicted molar refractivity (Wildman–Crippen MR) is 123 cm³/mol. The van der Waals surface area contributed by atoms with Crippen LogP contribution in [0.25, 0.3) is 6.08 Å². The number of amides is 1. The minimum Gasteiger partial charge on any atom is -0.468 e. The maximum Gasteiger partial charge on any atom is 0.325 e. The van der Waals surface area contributed by atoms with Crippen molar-refractivity contribution in [2.75, 3.05) is 25.3 Å². The lowest BCUT2D eigenvalue weighted by Crippen LogP contribution is -2.35. The van der Waals surface area contributed by atoms with Gasteiger partial charge in [-0.1, -0.05) is 35.0 Å². The highest BCUT2D eigenvalue weighted by molar-refractivity contribution is 9.10. The molecular formula is C22H19BrN2O5S. The second-order valence-corrected chi connectivity index (χ2v) is 8.08. The van der Waals surface area contributed by atoms with Crippen LogP contribution in [0.1, 0.15) is 18.1 Å². The molecule has 0 bridgehead atoms. The van der Waals surface area contributed by atoms with E-state index in [9.17, 15) is 9.59 Å². The zero-order valence-corrected chi connectivity index (χ0v) is 19.3. The van der Waals surface area contributed by atoms with Gasteiger partial charge in [0.15, 0.2) is 16.6 Å². The summed E-state index contributed by atoms with van der Waals surface area (Å²) in [5.41, 5.74) is 2.73. The van der Waals surface area contributed by atoms with Gasteiger partial charge in [-0.15, -0.1) is 0 Å². The van der Waals surface area contributed by atoms with E-state index in [1.807, 2.05) is 24.3 Å². The van der Waals surface area contributed by atoms with Gasteiger partial charge in [0.2, 0.25) is 6.79 Å². The van der Waals surface area contributed by atoms with Crippen molar-refractivity contribution in [3.8, 4) is 11.5 Å². The number of hydrogen-bond acceptors (Lipinski definition) is 6. The molecule has 2 aliphatic heterocycles. The first kappa shape index (κ1) is 21.3. The summed E-state index contributed by atoms with van der Waals surface area (Å²) >= 11 is 9.08. The number of esters is 1. The predicted octanol–water partition coefficient (Wildman–Crippen LogP) is 3.89. The molecule has 0 aromatic heterocycles. The minimum atomic E-state index is -0.506. The average molecular weight is 503 g/mol. The molecular weight excluding hydrogens is 484 g/mol. The van der Waals surface area contributed by atoms with Crippen LogP contribution in [0.3, 0.4) is 0 Å². The molecule has 2 aromatic rings. The summed E-state index contributed by atoms with van der Waals surface area (Å²) in [5.74, 6) is 0.359. The molecule has 0 aliphatic carbocycles. The first-order valence-electron chi connectivity index (χ1n) is 9.55. The number of methoxy groups -OCH3 is 1. The second kappa shape index (κ2) is 8.68. The van der Waals surface area contributed by atoms with Crippen molar-refractivity contribution in [2.24, 2.45) is 0 Å². The highest BCUT2D eigenvalue weighted by atomic mass is 79.9.